The summed E-state index contributed by atoms with van der Waals surface area (Å²) < 4.78 is 39.2. The molecule has 0 heterocycles. The number of primary sulfonamides is 1. The van der Waals surface area contributed by atoms with Gasteiger partial charge in [-0.15, -0.1) is 0 Å². The summed E-state index contributed by atoms with van der Waals surface area (Å²) in [7, 11) is -3.50. The van der Waals surface area contributed by atoms with Crippen LogP contribution in [0.15, 0.2) is 35.2 Å². The van der Waals surface area contributed by atoms with Crippen molar-refractivity contribution in [3.05, 3.63) is 30.3 Å². The van der Waals surface area contributed by atoms with Crippen molar-refractivity contribution < 1.29 is 22.6 Å². The molecule has 0 aliphatic heterocycles. The largest absolute Gasteiger partial charge is 0.328 e. The van der Waals surface area contributed by atoms with Crippen molar-refractivity contribution in [3.63, 3.8) is 0 Å². The monoisotopic (exact) mass is 473 g/mol. The Morgan fingerprint density at radius 3 is 1.66 bits per heavy atom. The first-order valence-electron chi connectivity index (χ1n) is 12.3. The van der Waals surface area contributed by atoms with Crippen molar-refractivity contribution in [3.8, 4) is 0 Å². The lowest BCUT2D eigenvalue weighted by molar-refractivity contribution is -0.403. The molecule has 0 aliphatic rings. The molecule has 6 nitrogen and oxygen atoms in total. The summed E-state index contributed by atoms with van der Waals surface area (Å²) in [4.78, 5) is 0.148. The standard InChI is InChI=1S/C19H40O3.C6H7NO2S/c1-6-11-12-13-14-15-17-18(16-7-2)19(20-8-3,21-9-4)22-10-5;7-10(8,9)6-4-2-1-3-5-6/h18H,6-17H2,1-5H3;1-5H,(H2,7,8,9). The maximum absolute atomic E-state index is 10.6. The molecule has 0 aliphatic carbocycles. The van der Waals surface area contributed by atoms with Gasteiger partial charge in [-0.1, -0.05) is 77.0 Å². The van der Waals surface area contributed by atoms with Crippen LogP contribution in [0.3, 0.4) is 0 Å². The van der Waals surface area contributed by atoms with Crippen molar-refractivity contribution in [2.45, 2.75) is 103 Å². The Balaban J connectivity index is 0.000000792. The average Bonchev–Trinajstić information content (AvgIpc) is 2.76. The van der Waals surface area contributed by atoms with Crippen LogP contribution in [0.4, 0.5) is 0 Å². The summed E-state index contributed by atoms with van der Waals surface area (Å²) in [5.74, 6) is -0.513. The summed E-state index contributed by atoms with van der Waals surface area (Å²) in [5, 5.41) is 4.83. The van der Waals surface area contributed by atoms with Gasteiger partial charge in [0.15, 0.2) is 0 Å². The third-order valence-corrected chi connectivity index (χ3v) is 6.08. The molecule has 0 saturated carbocycles. The number of benzene rings is 1. The van der Waals surface area contributed by atoms with Gasteiger partial charge >= 0.3 is 0 Å². The first kappa shape index (κ1) is 31.0. The Kier molecular flexibility index (Phi) is 17.9. The predicted molar refractivity (Wildman–Crippen MR) is 132 cm³/mol. The predicted octanol–water partition coefficient (Wildman–Crippen LogP) is 6.25. The number of unbranched alkanes of at least 4 members (excludes halogenated alkanes) is 5. The van der Waals surface area contributed by atoms with E-state index in [4.69, 9.17) is 19.3 Å². The van der Waals surface area contributed by atoms with Gasteiger partial charge in [0.2, 0.25) is 10.0 Å². The van der Waals surface area contributed by atoms with E-state index < -0.39 is 16.0 Å². The van der Waals surface area contributed by atoms with Crippen molar-refractivity contribution in [2.24, 2.45) is 11.1 Å². The van der Waals surface area contributed by atoms with E-state index in [1.165, 1.54) is 50.7 Å². The molecule has 1 unspecified atom stereocenters. The molecular weight excluding hydrogens is 426 g/mol. The van der Waals surface area contributed by atoms with Crippen LogP contribution < -0.4 is 5.14 Å². The highest BCUT2D eigenvalue weighted by atomic mass is 32.2. The molecule has 0 spiro atoms. The van der Waals surface area contributed by atoms with Gasteiger partial charge in [-0.05, 0) is 45.7 Å². The molecule has 0 radical (unpaired) electrons. The van der Waals surface area contributed by atoms with Crippen LogP contribution in [0, 0.1) is 5.92 Å². The minimum atomic E-state index is -3.50. The third-order valence-electron chi connectivity index (χ3n) is 5.15. The van der Waals surface area contributed by atoms with Crippen LogP contribution in [-0.2, 0) is 24.2 Å². The Bertz CT molecular complexity index is 635. The Morgan fingerprint density at radius 2 is 1.25 bits per heavy atom. The van der Waals surface area contributed by atoms with Gasteiger partial charge in [-0.25, -0.2) is 13.6 Å². The fourth-order valence-corrected chi connectivity index (χ4v) is 4.25. The molecule has 188 valence electrons. The van der Waals surface area contributed by atoms with Crippen LogP contribution in [0.2, 0.25) is 0 Å². The van der Waals surface area contributed by atoms with Crippen molar-refractivity contribution >= 4 is 10.0 Å². The average molecular weight is 474 g/mol. The lowest BCUT2D eigenvalue weighted by Gasteiger charge is -2.39. The summed E-state index contributed by atoms with van der Waals surface area (Å²) in [6.45, 7) is 12.4. The molecule has 1 atom stereocenters. The second-order valence-corrected chi connectivity index (χ2v) is 9.36. The molecule has 0 saturated heterocycles. The molecular formula is C25H47NO5S. The second-order valence-electron chi connectivity index (χ2n) is 7.80. The third kappa shape index (κ3) is 12.9. The number of hydrogen-bond acceptors (Lipinski definition) is 5. The molecule has 1 rings (SSSR count). The number of rotatable bonds is 17. The van der Waals surface area contributed by atoms with Gasteiger partial charge in [0.25, 0.3) is 5.97 Å². The number of hydrogen-bond donors (Lipinski definition) is 1. The summed E-state index contributed by atoms with van der Waals surface area (Å²) in [5.41, 5.74) is 0. The van der Waals surface area contributed by atoms with Gasteiger partial charge in [-0.3, -0.25) is 0 Å². The molecule has 0 bridgehead atoms. The second kappa shape index (κ2) is 18.4. The highest BCUT2D eigenvalue weighted by molar-refractivity contribution is 7.89. The zero-order chi connectivity index (χ0) is 24.3. The fourth-order valence-electron chi connectivity index (χ4n) is 3.71. The van der Waals surface area contributed by atoms with Gasteiger partial charge in [0.05, 0.1) is 4.90 Å². The molecule has 0 fully saturated rings. The number of nitrogens with two attached hydrogens (primary N) is 1. The molecule has 2 N–H and O–H groups in total. The van der Waals surface area contributed by atoms with E-state index >= 15 is 0 Å². The van der Waals surface area contributed by atoms with Gasteiger partial charge in [0, 0.05) is 25.7 Å². The summed E-state index contributed by atoms with van der Waals surface area (Å²) in [6.07, 6.45) is 11.3. The quantitative estimate of drug-likeness (QED) is 0.213. The van der Waals surface area contributed by atoms with Crippen LogP contribution in [0.25, 0.3) is 0 Å². The maximum Gasteiger partial charge on any atom is 0.285 e. The molecule has 1 aromatic rings. The Morgan fingerprint density at radius 1 is 0.750 bits per heavy atom. The molecule has 0 amide bonds. The molecule has 1 aromatic carbocycles. The van der Waals surface area contributed by atoms with E-state index in [1.54, 1.807) is 18.2 Å². The first-order chi connectivity index (χ1) is 15.3. The molecule has 7 heteroatoms. The van der Waals surface area contributed by atoms with E-state index in [-0.39, 0.29) is 4.90 Å². The van der Waals surface area contributed by atoms with Crippen LogP contribution >= 0.6 is 0 Å². The van der Waals surface area contributed by atoms with E-state index in [0.717, 1.165) is 19.3 Å². The Hall–Kier alpha value is -0.990. The normalized spacial score (nSPS) is 12.8. The van der Waals surface area contributed by atoms with Gasteiger partial charge in [0.1, 0.15) is 0 Å². The Labute approximate surface area is 197 Å². The maximum atomic E-state index is 10.6. The van der Waals surface area contributed by atoms with E-state index in [9.17, 15) is 8.42 Å². The van der Waals surface area contributed by atoms with Crippen LogP contribution in [-0.4, -0.2) is 34.2 Å². The first-order valence-corrected chi connectivity index (χ1v) is 13.8. The van der Waals surface area contributed by atoms with Crippen molar-refractivity contribution in [1.82, 2.24) is 0 Å². The number of ether oxygens (including phenoxy) is 3. The van der Waals surface area contributed by atoms with Crippen LogP contribution in [0.5, 0.6) is 0 Å². The summed E-state index contributed by atoms with van der Waals surface area (Å²) >= 11 is 0. The highest BCUT2D eigenvalue weighted by Gasteiger charge is 2.41. The number of sulfonamides is 1. The zero-order valence-electron chi connectivity index (χ0n) is 21.0. The highest BCUT2D eigenvalue weighted by Crippen LogP contribution is 2.33. The minimum Gasteiger partial charge on any atom is -0.328 e. The van der Waals surface area contributed by atoms with E-state index in [2.05, 4.69) is 13.8 Å². The van der Waals surface area contributed by atoms with Crippen molar-refractivity contribution in [2.75, 3.05) is 19.8 Å². The molecule has 32 heavy (non-hydrogen) atoms. The smallest absolute Gasteiger partial charge is 0.285 e. The topological polar surface area (TPSA) is 87.8 Å². The van der Waals surface area contributed by atoms with E-state index in [1.807, 2.05) is 20.8 Å². The van der Waals surface area contributed by atoms with E-state index in [0.29, 0.717) is 25.7 Å². The van der Waals surface area contributed by atoms with Gasteiger partial charge < -0.3 is 14.2 Å². The zero-order valence-corrected chi connectivity index (χ0v) is 21.8. The summed E-state index contributed by atoms with van der Waals surface area (Å²) in [6, 6.07) is 7.89. The van der Waals surface area contributed by atoms with Gasteiger partial charge in [-0.2, -0.15) is 0 Å². The lowest BCUT2D eigenvalue weighted by atomic mass is 9.93. The fraction of sp³-hybridized carbons (Fsp3) is 0.760. The minimum absolute atomic E-state index is 0.148. The lowest BCUT2D eigenvalue weighted by Crippen LogP contribution is -2.46. The van der Waals surface area contributed by atoms with Crippen molar-refractivity contribution in [1.29, 1.82) is 0 Å². The SMILES string of the molecule is CCCCCCCCC(CCC)C(OCC)(OCC)OCC.NS(=O)(=O)c1ccccc1. The molecule has 0 aromatic heterocycles. The van der Waals surface area contributed by atoms with Crippen LogP contribution in [0.1, 0.15) is 92.4 Å².